The van der Waals surface area contributed by atoms with Crippen molar-refractivity contribution in [1.82, 2.24) is 9.97 Å². The number of nitrogens with zero attached hydrogens (tertiary/aromatic N) is 2. The van der Waals surface area contributed by atoms with E-state index in [2.05, 4.69) is 19.8 Å². The Labute approximate surface area is 170 Å². The normalized spacial score (nSPS) is 9.85. The van der Waals surface area contributed by atoms with Gasteiger partial charge in [0.15, 0.2) is 0 Å². The van der Waals surface area contributed by atoms with Crippen molar-refractivity contribution in [2.75, 3.05) is 0 Å². The Balaban J connectivity index is 1.76. The molecule has 0 spiro atoms. The lowest BCUT2D eigenvalue weighted by Gasteiger charge is -2.12. The molecule has 6 heteroatoms. The summed E-state index contributed by atoms with van der Waals surface area (Å²) in [6.07, 6.45) is 4.95. The summed E-state index contributed by atoms with van der Waals surface area (Å²) in [5.41, 5.74) is 2.66. The van der Waals surface area contributed by atoms with Gasteiger partial charge in [0.1, 0.15) is 23.8 Å². The van der Waals surface area contributed by atoms with Gasteiger partial charge in [0, 0.05) is 52.8 Å². The predicted octanol–water partition coefficient (Wildman–Crippen LogP) is 4.68. The summed E-state index contributed by atoms with van der Waals surface area (Å²) in [6, 6.07) is 12.4. The van der Waals surface area contributed by atoms with E-state index in [0.717, 1.165) is 5.56 Å². The van der Waals surface area contributed by atoms with Crippen LogP contribution >= 0.6 is 22.6 Å². The van der Waals surface area contributed by atoms with E-state index in [1.54, 1.807) is 61.1 Å². The summed E-state index contributed by atoms with van der Waals surface area (Å²) in [5.74, 6) is 3.65. The average molecular weight is 470 g/mol. The summed E-state index contributed by atoms with van der Waals surface area (Å²) in [6.45, 7) is 2.01. The third-order valence-electron chi connectivity index (χ3n) is 3.76. The second kappa shape index (κ2) is 9.14. The second-order valence-corrected chi connectivity index (χ2v) is 6.10. The molecule has 0 aliphatic carbocycles. The summed E-state index contributed by atoms with van der Waals surface area (Å²) in [7, 11) is 0. The maximum absolute atomic E-state index is 12.5. The quantitative estimate of drug-likeness (QED) is 0.308. The van der Waals surface area contributed by atoms with Gasteiger partial charge in [-0.2, -0.15) is 0 Å². The standard InChI is InChI=1S/C21H15IN2O3/c1-15-19(21(25)26-14-16-6-10-23-11-7-16)3-2-4-20(15)27-18-8-12-24-17(13-18)5-9-22/h2-4,6-8,10-13H,14H2,1H3. The van der Waals surface area contributed by atoms with Crippen LogP contribution in [0.4, 0.5) is 0 Å². The van der Waals surface area contributed by atoms with Crippen LogP contribution < -0.4 is 4.74 Å². The summed E-state index contributed by atoms with van der Waals surface area (Å²) < 4.78 is 14.1. The van der Waals surface area contributed by atoms with Crippen molar-refractivity contribution >= 4 is 28.6 Å². The van der Waals surface area contributed by atoms with Crippen molar-refractivity contribution in [2.45, 2.75) is 13.5 Å². The number of hydrogen-bond acceptors (Lipinski definition) is 5. The molecule has 0 amide bonds. The first-order valence-corrected chi connectivity index (χ1v) is 9.16. The smallest absolute Gasteiger partial charge is 0.338 e. The van der Waals surface area contributed by atoms with Crippen molar-refractivity contribution in [3.05, 3.63) is 83.4 Å². The lowest BCUT2D eigenvalue weighted by Crippen LogP contribution is -2.08. The predicted molar refractivity (Wildman–Crippen MR) is 110 cm³/mol. The summed E-state index contributed by atoms with van der Waals surface area (Å²) in [4.78, 5) is 20.6. The largest absolute Gasteiger partial charge is 0.457 e. The zero-order chi connectivity index (χ0) is 19.1. The van der Waals surface area contributed by atoms with E-state index >= 15 is 0 Å². The second-order valence-electron chi connectivity index (χ2n) is 5.56. The van der Waals surface area contributed by atoms with Crippen LogP contribution in [0.1, 0.15) is 27.2 Å². The Morgan fingerprint density at radius 3 is 2.74 bits per heavy atom. The zero-order valence-corrected chi connectivity index (χ0v) is 16.6. The number of rotatable bonds is 5. The maximum atomic E-state index is 12.5. The molecule has 0 saturated carbocycles. The molecule has 0 saturated heterocycles. The molecule has 2 heterocycles. The molecule has 0 fully saturated rings. The van der Waals surface area contributed by atoms with Crippen LogP contribution in [-0.4, -0.2) is 15.9 Å². The first kappa shape index (κ1) is 18.9. The van der Waals surface area contributed by atoms with Crippen LogP contribution in [0.5, 0.6) is 11.5 Å². The van der Waals surface area contributed by atoms with Crippen molar-refractivity contribution in [3.63, 3.8) is 0 Å². The van der Waals surface area contributed by atoms with E-state index in [1.165, 1.54) is 0 Å². The highest BCUT2D eigenvalue weighted by Gasteiger charge is 2.14. The molecule has 0 aliphatic rings. The van der Waals surface area contributed by atoms with E-state index in [9.17, 15) is 4.79 Å². The van der Waals surface area contributed by atoms with Crippen LogP contribution in [0.25, 0.3) is 0 Å². The fraction of sp³-hybridized carbons (Fsp3) is 0.0952. The maximum Gasteiger partial charge on any atom is 0.338 e. The average Bonchev–Trinajstić information content (AvgIpc) is 2.69. The van der Waals surface area contributed by atoms with Gasteiger partial charge in [-0.25, -0.2) is 9.78 Å². The molecule has 3 rings (SSSR count). The zero-order valence-electron chi connectivity index (χ0n) is 14.5. The van der Waals surface area contributed by atoms with Gasteiger partial charge < -0.3 is 9.47 Å². The number of esters is 1. The van der Waals surface area contributed by atoms with E-state index in [0.29, 0.717) is 28.3 Å². The molecule has 0 N–H and O–H groups in total. The Kier molecular flexibility index (Phi) is 6.39. The number of hydrogen-bond donors (Lipinski definition) is 0. The number of carbonyl (C=O) groups excluding carboxylic acids is 1. The molecule has 5 nitrogen and oxygen atoms in total. The van der Waals surface area contributed by atoms with E-state index in [-0.39, 0.29) is 6.61 Å². The van der Waals surface area contributed by atoms with Crippen LogP contribution in [-0.2, 0) is 11.3 Å². The van der Waals surface area contributed by atoms with E-state index in [4.69, 9.17) is 9.47 Å². The molecule has 27 heavy (non-hydrogen) atoms. The SMILES string of the molecule is Cc1c(Oc2ccnc(C#CI)c2)cccc1C(=O)OCc1ccncc1. The van der Waals surface area contributed by atoms with Crippen molar-refractivity contribution in [3.8, 4) is 21.3 Å². The Hall–Kier alpha value is -2.92. The van der Waals surface area contributed by atoms with Gasteiger partial charge in [-0.3, -0.25) is 4.98 Å². The molecule has 3 aromatic rings. The number of halogens is 1. The summed E-state index contributed by atoms with van der Waals surface area (Å²) in [5, 5.41) is 0. The van der Waals surface area contributed by atoms with Crippen molar-refractivity contribution < 1.29 is 14.3 Å². The van der Waals surface area contributed by atoms with E-state index < -0.39 is 5.97 Å². The molecule has 0 aliphatic heterocycles. The molecule has 0 radical (unpaired) electrons. The minimum Gasteiger partial charge on any atom is -0.457 e. The molecule has 0 bridgehead atoms. The first-order valence-electron chi connectivity index (χ1n) is 8.08. The highest BCUT2D eigenvalue weighted by molar-refractivity contribution is 14.1. The third-order valence-corrected chi connectivity index (χ3v) is 4.03. The number of aromatic nitrogens is 2. The van der Waals surface area contributed by atoms with Gasteiger partial charge in [-0.1, -0.05) is 6.07 Å². The van der Waals surface area contributed by atoms with Gasteiger partial charge in [-0.15, -0.1) is 0 Å². The highest BCUT2D eigenvalue weighted by Crippen LogP contribution is 2.27. The minimum absolute atomic E-state index is 0.189. The van der Waals surface area contributed by atoms with Crippen molar-refractivity contribution in [1.29, 1.82) is 0 Å². The summed E-state index contributed by atoms with van der Waals surface area (Å²) >= 11 is 1.96. The minimum atomic E-state index is -0.402. The third kappa shape index (κ3) is 5.05. The Bertz CT molecular complexity index is 1010. The molecule has 0 atom stereocenters. The van der Waals surface area contributed by atoms with Gasteiger partial charge in [0.2, 0.25) is 0 Å². The number of carbonyl (C=O) groups is 1. The van der Waals surface area contributed by atoms with Gasteiger partial charge >= 0.3 is 5.97 Å². The van der Waals surface area contributed by atoms with Crippen LogP contribution in [0, 0.1) is 16.8 Å². The number of benzene rings is 1. The molecular weight excluding hydrogens is 455 g/mol. The van der Waals surface area contributed by atoms with Gasteiger partial charge in [-0.05, 0) is 52.7 Å². The Morgan fingerprint density at radius 1 is 1.15 bits per heavy atom. The molecule has 2 aromatic heterocycles. The van der Waals surface area contributed by atoms with E-state index in [1.807, 2.05) is 29.5 Å². The highest BCUT2D eigenvalue weighted by atomic mass is 127. The Morgan fingerprint density at radius 2 is 1.96 bits per heavy atom. The lowest BCUT2D eigenvalue weighted by molar-refractivity contribution is 0.0471. The van der Waals surface area contributed by atoms with Gasteiger partial charge in [0.25, 0.3) is 0 Å². The molecule has 134 valence electrons. The fourth-order valence-electron chi connectivity index (χ4n) is 2.37. The number of ether oxygens (including phenoxy) is 2. The van der Waals surface area contributed by atoms with Crippen LogP contribution in [0.3, 0.4) is 0 Å². The van der Waals surface area contributed by atoms with Crippen LogP contribution in [0.15, 0.2) is 61.1 Å². The van der Waals surface area contributed by atoms with Gasteiger partial charge in [0.05, 0.1) is 5.56 Å². The fourth-order valence-corrected chi connectivity index (χ4v) is 2.65. The monoisotopic (exact) mass is 470 g/mol. The molecule has 0 unspecified atom stereocenters. The first-order chi connectivity index (χ1) is 13.2. The molecular formula is C21H15IN2O3. The molecule has 1 aromatic carbocycles. The topological polar surface area (TPSA) is 61.3 Å². The van der Waals surface area contributed by atoms with Crippen LogP contribution in [0.2, 0.25) is 0 Å². The number of pyridine rings is 2. The lowest BCUT2D eigenvalue weighted by atomic mass is 10.1. The van der Waals surface area contributed by atoms with Crippen molar-refractivity contribution in [2.24, 2.45) is 0 Å².